The van der Waals surface area contributed by atoms with Gasteiger partial charge in [-0.3, -0.25) is 0 Å². The molecule has 0 bridgehead atoms. The van der Waals surface area contributed by atoms with Gasteiger partial charge in [0.15, 0.2) is 0 Å². The van der Waals surface area contributed by atoms with Crippen LogP contribution in [0.2, 0.25) is 0 Å². The van der Waals surface area contributed by atoms with Gasteiger partial charge < -0.3 is 20.0 Å². The van der Waals surface area contributed by atoms with Gasteiger partial charge in [-0.1, -0.05) is 0 Å². The maximum absolute atomic E-state index is 8.72. The molecule has 0 fully saturated rings. The van der Waals surface area contributed by atoms with Crippen LogP contribution in [0.1, 0.15) is 0 Å². The topological polar surface area (TPSA) is 72.4 Å². The average molecular weight is 522 g/mol. The van der Waals surface area contributed by atoms with Crippen LogP contribution in [0.5, 0.6) is 0 Å². The van der Waals surface area contributed by atoms with Crippen molar-refractivity contribution < 1.29 is 120 Å². The van der Waals surface area contributed by atoms with E-state index in [9.17, 15) is 0 Å². The van der Waals surface area contributed by atoms with E-state index in [2.05, 4.69) is 4.89 Å². The monoisotopic (exact) mass is 522 g/mol. The summed E-state index contributed by atoms with van der Waals surface area (Å²) in [5.41, 5.74) is 0. The van der Waals surface area contributed by atoms with Gasteiger partial charge in [0.1, 0.15) is 0 Å². The van der Waals surface area contributed by atoms with E-state index in [1.54, 1.807) is 0 Å². The van der Waals surface area contributed by atoms with E-state index in [4.69, 9.17) is 15.2 Å². The number of carbonyl (C=O) groups is 1. The molecule has 0 radical (unpaired) electrons. The molecule has 30 valence electrons. The van der Waals surface area contributed by atoms with Crippen LogP contribution in [-0.4, -0.2) is 6.16 Å². The van der Waals surface area contributed by atoms with Crippen LogP contribution in [0, 0.1) is 99.7 Å². The van der Waals surface area contributed by atoms with E-state index in [1.807, 2.05) is 0 Å². The Morgan fingerprint density at radius 3 is 1.57 bits per heavy atom. The summed E-state index contributed by atoms with van der Waals surface area (Å²) in [6.45, 7) is 0. The predicted molar refractivity (Wildman–Crippen MR) is 6.48 cm³/mol. The van der Waals surface area contributed by atoms with Crippen molar-refractivity contribution in [1.29, 1.82) is 0 Å². The summed E-state index contributed by atoms with van der Waals surface area (Å²) in [4.78, 5) is 11.0. The van der Waals surface area contributed by atoms with E-state index in [0.717, 1.165) is 0 Å². The molecule has 0 amide bonds. The van der Waals surface area contributed by atoms with E-state index in [0.29, 0.717) is 0 Å². The number of hydrogen-bond acceptors (Lipinski definition) is 4. The van der Waals surface area contributed by atoms with Crippen LogP contribution in [0.15, 0.2) is 0 Å². The molecule has 0 aliphatic rings. The summed E-state index contributed by atoms with van der Waals surface area (Å²) < 4.78 is 0. The van der Waals surface area contributed by atoms with Crippen molar-refractivity contribution in [2.45, 2.75) is 0 Å². The van der Waals surface area contributed by atoms with E-state index < -0.39 is 6.16 Å². The third kappa shape index (κ3) is 17.8. The Hall–Kier alpha value is 2.42. The van der Waals surface area contributed by atoms with Gasteiger partial charge in [0.2, 0.25) is 6.16 Å². The molecular formula is CFr2O4. The van der Waals surface area contributed by atoms with Crippen LogP contribution in [0.3, 0.4) is 0 Å². The van der Waals surface area contributed by atoms with Gasteiger partial charge in [0, 0.05) is 0 Å². The zero-order chi connectivity index (χ0) is 4.28. The summed E-state index contributed by atoms with van der Waals surface area (Å²) in [7, 11) is 0. The minimum atomic E-state index is -2.05. The molecular weight excluding hydrogens is 522 g/mol. The molecule has 0 N–H and O–H groups in total. The van der Waals surface area contributed by atoms with Crippen molar-refractivity contribution in [3.05, 3.63) is 0 Å². The van der Waals surface area contributed by atoms with Crippen molar-refractivity contribution in [1.82, 2.24) is 0 Å². The smallest absolute Gasteiger partial charge is 0.755 e. The van der Waals surface area contributed by atoms with Gasteiger partial charge in [0.05, 0.1) is 0 Å². The van der Waals surface area contributed by atoms with Crippen molar-refractivity contribution in [2.24, 2.45) is 0 Å². The molecule has 0 aromatic carbocycles. The molecule has 0 rings (SSSR count). The first-order valence-electron chi connectivity index (χ1n) is 0.779. The Labute approximate surface area is 123 Å². The molecule has 0 saturated heterocycles. The normalized spacial score (nSPS) is 4.71. The third-order valence-electron chi connectivity index (χ3n) is 0.0680. The fourth-order valence-corrected chi connectivity index (χ4v) is 0. The van der Waals surface area contributed by atoms with Crippen LogP contribution in [0.25, 0.3) is 0 Å². The molecule has 4 nitrogen and oxygen atoms in total. The molecule has 0 atom stereocenters. The number of carbonyl (C=O) groups excluding carboxylic acids is 1. The Balaban J connectivity index is -0.0000000800. The second-order valence-corrected chi connectivity index (χ2v) is 0.333. The molecule has 0 heterocycles. The van der Waals surface area contributed by atoms with Gasteiger partial charge in [-0.15, -0.1) is 0 Å². The first-order valence-corrected chi connectivity index (χ1v) is 0.779. The molecule has 0 unspecified atom stereocenters. The molecule has 0 spiro atoms. The number of rotatable bonds is 0. The molecule has 0 aromatic rings. The quantitative estimate of drug-likeness (QED) is 0.264. The zero-order valence-corrected chi connectivity index (χ0v) is 20.6. The van der Waals surface area contributed by atoms with E-state index in [1.165, 1.54) is 0 Å². The molecule has 0 aliphatic heterocycles. The summed E-state index contributed by atoms with van der Waals surface area (Å²) in [6, 6.07) is 0. The number of carboxylic acid groups (broad SMARTS) is 1. The van der Waals surface area contributed by atoms with Crippen LogP contribution < -0.4 is 10.4 Å². The van der Waals surface area contributed by atoms with E-state index >= 15 is 0 Å². The van der Waals surface area contributed by atoms with Crippen molar-refractivity contribution in [2.75, 3.05) is 0 Å². The van der Waals surface area contributed by atoms with Crippen molar-refractivity contribution in [3.63, 3.8) is 0 Å². The average Bonchev–Trinajstić information content (AvgIpc) is 1.38. The van der Waals surface area contributed by atoms with Gasteiger partial charge in [0.25, 0.3) is 0 Å². The van der Waals surface area contributed by atoms with Gasteiger partial charge in [-0.05, 0) is 0 Å². The molecule has 0 saturated carbocycles. The SMILES string of the molecule is O=C([O-])O[O-].[Fr+].[Fr+]. The van der Waals surface area contributed by atoms with Crippen LogP contribution in [0.4, 0.5) is 4.79 Å². The summed E-state index contributed by atoms with van der Waals surface area (Å²) >= 11 is 0. The fourth-order valence-electron chi connectivity index (χ4n) is 0. The first-order chi connectivity index (χ1) is 2.27. The van der Waals surface area contributed by atoms with Crippen LogP contribution >= 0.6 is 0 Å². The van der Waals surface area contributed by atoms with E-state index in [-0.39, 0.29) is 99.7 Å². The Morgan fingerprint density at radius 2 is 1.57 bits per heavy atom. The van der Waals surface area contributed by atoms with Gasteiger partial charge in [-0.25, -0.2) is 0 Å². The largest absolute Gasteiger partial charge is 1.00 e. The summed E-state index contributed by atoms with van der Waals surface area (Å²) in [5, 5.41) is 17.2. The fraction of sp³-hybridized carbons (Fsp3) is 0. The zero-order valence-electron chi connectivity index (χ0n) is 4.13. The van der Waals surface area contributed by atoms with Gasteiger partial charge >= 0.3 is 99.7 Å². The Morgan fingerprint density at radius 1 is 1.43 bits per heavy atom. The standard InChI is InChI=1S/CH2O4.2Fr/c2-1(3)5-4;;/h4H,(H,2,3);;/q;2*+1/p-2. The molecule has 0 aromatic heterocycles. The van der Waals surface area contributed by atoms with Gasteiger partial charge in [-0.2, -0.15) is 0 Å². The predicted octanol–water partition coefficient (Wildman–Crippen LogP) is -2.38. The maximum Gasteiger partial charge on any atom is 1.00 e. The summed E-state index contributed by atoms with van der Waals surface area (Å²) in [6.07, 6.45) is -2.05. The Bertz CT molecular complexity index is 45.0. The Kier molecular flexibility index (Phi) is 26.0. The van der Waals surface area contributed by atoms with Crippen LogP contribution in [-0.2, 0) is 4.89 Å². The maximum atomic E-state index is 8.72. The second-order valence-electron chi connectivity index (χ2n) is 0.333. The minimum absolute atomic E-state index is 0. The second kappa shape index (κ2) is 11.3. The molecule has 0 aliphatic carbocycles. The number of hydrogen-bond donors (Lipinski definition) is 0. The molecule has 7 heavy (non-hydrogen) atoms. The molecule has 6 heteroatoms. The summed E-state index contributed by atoms with van der Waals surface area (Å²) in [5.74, 6) is 0. The first kappa shape index (κ1) is 16.2. The minimum Gasteiger partial charge on any atom is -0.755 e. The van der Waals surface area contributed by atoms with Crippen molar-refractivity contribution in [3.8, 4) is 0 Å². The van der Waals surface area contributed by atoms with Crippen molar-refractivity contribution >= 4 is 6.16 Å². The third-order valence-corrected chi connectivity index (χ3v) is 0.0680.